The van der Waals surface area contributed by atoms with Gasteiger partial charge in [0.1, 0.15) is 5.69 Å². The molecule has 94 valence electrons. The van der Waals surface area contributed by atoms with Crippen molar-refractivity contribution >= 4 is 11.4 Å². The van der Waals surface area contributed by atoms with Crippen molar-refractivity contribution < 1.29 is 9.66 Å². The van der Waals surface area contributed by atoms with E-state index in [-0.39, 0.29) is 10.6 Å². The van der Waals surface area contributed by atoms with E-state index in [0.29, 0.717) is 18.8 Å². The lowest BCUT2D eigenvalue weighted by atomic mass is 10.2. The highest BCUT2D eigenvalue weighted by Crippen LogP contribution is 2.22. The highest BCUT2D eigenvalue weighted by atomic mass is 16.6. The van der Waals surface area contributed by atoms with Gasteiger partial charge in [0.05, 0.1) is 11.5 Å². The fourth-order valence-corrected chi connectivity index (χ4v) is 1.39. The van der Waals surface area contributed by atoms with Gasteiger partial charge in [-0.3, -0.25) is 10.1 Å². The summed E-state index contributed by atoms with van der Waals surface area (Å²) in [4.78, 5) is 10.3. The molecule has 0 amide bonds. The summed E-state index contributed by atoms with van der Waals surface area (Å²) in [5, 5.41) is 13.7. The predicted molar refractivity (Wildman–Crippen MR) is 67.3 cm³/mol. The van der Waals surface area contributed by atoms with Gasteiger partial charge in [-0.25, -0.2) is 0 Å². The van der Waals surface area contributed by atoms with Crippen LogP contribution < -0.4 is 5.32 Å². The zero-order chi connectivity index (χ0) is 12.5. The van der Waals surface area contributed by atoms with Crippen LogP contribution in [0.15, 0.2) is 24.3 Å². The molecular formula is C12H18N2O3. The van der Waals surface area contributed by atoms with Crippen molar-refractivity contribution in [1.82, 2.24) is 0 Å². The van der Waals surface area contributed by atoms with Crippen molar-refractivity contribution in [2.45, 2.75) is 19.8 Å². The molecule has 0 bridgehead atoms. The quantitative estimate of drug-likeness (QED) is 0.429. The number of nitro groups is 1. The van der Waals surface area contributed by atoms with Crippen LogP contribution in [0.3, 0.4) is 0 Å². The van der Waals surface area contributed by atoms with Gasteiger partial charge in [0, 0.05) is 19.2 Å². The largest absolute Gasteiger partial charge is 0.380 e. The third-order valence-electron chi connectivity index (χ3n) is 2.30. The number of benzene rings is 1. The minimum absolute atomic E-state index is 0.0982. The second-order valence-electron chi connectivity index (χ2n) is 3.67. The van der Waals surface area contributed by atoms with Crippen LogP contribution in [0.4, 0.5) is 11.4 Å². The number of unbranched alkanes of at least 4 members (excludes halogenated alkanes) is 1. The average Bonchev–Trinajstić information content (AvgIpc) is 2.34. The molecule has 1 aromatic rings. The summed E-state index contributed by atoms with van der Waals surface area (Å²) in [6, 6.07) is 6.61. The smallest absolute Gasteiger partial charge is 0.292 e. The van der Waals surface area contributed by atoms with Gasteiger partial charge in [-0.2, -0.15) is 0 Å². The summed E-state index contributed by atoms with van der Waals surface area (Å²) in [6.45, 7) is 3.99. The zero-order valence-corrected chi connectivity index (χ0v) is 10.0. The molecule has 0 unspecified atom stereocenters. The topological polar surface area (TPSA) is 64.4 Å². The number of nitrogens with one attached hydrogen (secondary N) is 1. The molecule has 5 heteroatoms. The van der Waals surface area contributed by atoms with E-state index < -0.39 is 0 Å². The number of ether oxygens (including phenoxy) is 1. The molecule has 0 aliphatic rings. The Balaban J connectivity index is 2.34. The molecule has 1 N–H and O–H groups in total. The third kappa shape index (κ3) is 4.82. The molecule has 0 radical (unpaired) electrons. The predicted octanol–water partition coefficient (Wildman–Crippen LogP) is 2.82. The molecule has 5 nitrogen and oxygen atoms in total. The lowest BCUT2D eigenvalue weighted by Crippen LogP contribution is -2.11. The Kier molecular flexibility index (Phi) is 6.03. The maximum absolute atomic E-state index is 10.7. The Morgan fingerprint density at radius 1 is 1.35 bits per heavy atom. The Morgan fingerprint density at radius 3 is 2.82 bits per heavy atom. The zero-order valence-electron chi connectivity index (χ0n) is 10.0. The molecule has 0 fully saturated rings. The van der Waals surface area contributed by atoms with Crippen LogP contribution in [0.5, 0.6) is 0 Å². The maximum Gasteiger partial charge on any atom is 0.292 e. The number of para-hydroxylation sites is 2. The van der Waals surface area contributed by atoms with Crippen LogP contribution in [0, 0.1) is 10.1 Å². The molecule has 0 aromatic heterocycles. The molecule has 0 saturated carbocycles. The second kappa shape index (κ2) is 7.62. The van der Waals surface area contributed by atoms with Gasteiger partial charge in [0.2, 0.25) is 0 Å². The Labute approximate surface area is 101 Å². The molecule has 17 heavy (non-hydrogen) atoms. The van der Waals surface area contributed by atoms with Crippen molar-refractivity contribution in [1.29, 1.82) is 0 Å². The number of nitrogens with zero attached hydrogens (tertiary/aromatic N) is 1. The maximum atomic E-state index is 10.7. The first-order chi connectivity index (χ1) is 8.25. The van der Waals surface area contributed by atoms with E-state index in [1.807, 2.05) is 0 Å². The van der Waals surface area contributed by atoms with E-state index in [9.17, 15) is 10.1 Å². The number of anilines is 1. The van der Waals surface area contributed by atoms with E-state index in [2.05, 4.69) is 12.2 Å². The molecule has 0 spiro atoms. The summed E-state index contributed by atoms with van der Waals surface area (Å²) in [7, 11) is 0. The van der Waals surface area contributed by atoms with Crippen LogP contribution >= 0.6 is 0 Å². The molecule has 1 aromatic carbocycles. The van der Waals surface area contributed by atoms with Crippen molar-refractivity contribution in [2.24, 2.45) is 0 Å². The average molecular weight is 238 g/mol. The fourth-order valence-electron chi connectivity index (χ4n) is 1.39. The fraction of sp³-hybridized carbons (Fsp3) is 0.500. The van der Waals surface area contributed by atoms with Gasteiger partial charge in [0.15, 0.2) is 0 Å². The highest BCUT2D eigenvalue weighted by Gasteiger charge is 2.10. The SMILES string of the molecule is CCCCOCCNc1ccccc1[N+](=O)[O-]. The summed E-state index contributed by atoms with van der Waals surface area (Å²) in [5.74, 6) is 0. The van der Waals surface area contributed by atoms with E-state index in [0.717, 1.165) is 19.4 Å². The first kappa shape index (κ1) is 13.4. The van der Waals surface area contributed by atoms with Gasteiger partial charge in [-0.05, 0) is 12.5 Å². The molecule has 1 rings (SSSR count). The Hall–Kier alpha value is -1.62. The van der Waals surface area contributed by atoms with Crippen molar-refractivity contribution in [3.63, 3.8) is 0 Å². The molecule has 0 atom stereocenters. The summed E-state index contributed by atoms with van der Waals surface area (Å²) >= 11 is 0. The van der Waals surface area contributed by atoms with Gasteiger partial charge < -0.3 is 10.1 Å². The first-order valence-corrected chi connectivity index (χ1v) is 5.80. The van der Waals surface area contributed by atoms with Gasteiger partial charge >= 0.3 is 0 Å². The van der Waals surface area contributed by atoms with Crippen molar-refractivity contribution in [2.75, 3.05) is 25.1 Å². The standard InChI is InChI=1S/C12H18N2O3/c1-2-3-9-17-10-8-13-11-6-4-5-7-12(11)14(15)16/h4-7,13H,2-3,8-10H2,1H3. The summed E-state index contributed by atoms with van der Waals surface area (Å²) < 4.78 is 5.36. The number of hydrogen-bond donors (Lipinski definition) is 1. The number of hydrogen-bond acceptors (Lipinski definition) is 4. The minimum Gasteiger partial charge on any atom is -0.380 e. The third-order valence-corrected chi connectivity index (χ3v) is 2.30. The lowest BCUT2D eigenvalue weighted by molar-refractivity contribution is -0.384. The lowest BCUT2D eigenvalue weighted by Gasteiger charge is -2.07. The Morgan fingerprint density at radius 2 is 2.12 bits per heavy atom. The molecule has 0 aliphatic carbocycles. The number of rotatable bonds is 8. The number of nitro benzene ring substituents is 1. The normalized spacial score (nSPS) is 10.2. The van der Waals surface area contributed by atoms with Gasteiger partial charge in [-0.1, -0.05) is 25.5 Å². The van der Waals surface area contributed by atoms with Crippen LogP contribution in [-0.2, 0) is 4.74 Å². The molecule has 0 saturated heterocycles. The van der Waals surface area contributed by atoms with E-state index in [1.165, 1.54) is 6.07 Å². The van der Waals surface area contributed by atoms with Gasteiger partial charge in [-0.15, -0.1) is 0 Å². The molecule has 0 heterocycles. The summed E-state index contributed by atoms with van der Waals surface area (Å²) in [6.07, 6.45) is 2.16. The molecular weight excluding hydrogens is 220 g/mol. The Bertz CT molecular complexity index is 355. The molecule has 0 aliphatic heterocycles. The van der Waals surface area contributed by atoms with Crippen LogP contribution in [0.2, 0.25) is 0 Å². The van der Waals surface area contributed by atoms with E-state index in [1.54, 1.807) is 18.2 Å². The second-order valence-corrected chi connectivity index (χ2v) is 3.67. The minimum atomic E-state index is -0.389. The van der Waals surface area contributed by atoms with Crippen LogP contribution in [0.1, 0.15) is 19.8 Å². The van der Waals surface area contributed by atoms with Crippen LogP contribution in [0.25, 0.3) is 0 Å². The van der Waals surface area contributed by atoms with Gasteiger partial charge in [0.25, 0.3) is 5.69 Å². The van der Waals surface area contributed by atoms with Crippen molar-refractivity contribution in [3.8, 4) is 0 Å². The highest BCUT2D eigenvalue weighted by molar-refractivity contribution is 5.60. The van der Waals surface area contributed by atoms with Crippen molar-refractivity contribution in [3.05, 3.63) is 34.4 Å². The van der Waals surface area contributed by atoms with E-state index in [4.69, 9.17) is 4.74 Å². The van der Waals surface area contributed by atoms with Crippen LogP contribution in [-0.4, -0.2) is 24.7 Å². The van der Waals surface area contributed by atoms with E-state index >= 15 is 0 Å². The first-order valence-electron chi connectivity index (χ1n) is 5.80. The monoisotopic (exact) mass is 238 g/mol. The summed E-state index contributed by atoms with van der Waals surface area (Å²) in [5.41, 5.74) is 0.637.